The van der Waals surface area contributed by atoms with Gasteiger partial charge in [-0.2, -0.15) is 18.3 Å². The summed E-state index contributed by atoms with van der Waals surface area (Å²) >= 11 is 12.3. The van der Waals surface area contributed by atoms with Crippen LogP contribution in [0.1, 0.15) is 32.9 Å². The van der Waals surface area contributed by atoms with Gasteiger partial charge in [-0.3, -0.25) is 4.79 Å². The molecule has 0 aliphatic heterocycles. The van der Waals surface area contributed by atoms with Crippen LogP contribution < -0.4 is 5.43 Å². The minimum Gasteiger partial charge on any atom is -0.316 e. The minimum absolute atomic E-state index is 0.139. The number of hydrazone groups is 1. The summed E-state index contributed by atoms with van der Waals surface area (Å²) in [6, 6.07) is 11.1. The normalized spacial score (nSPS) is 11.8. The predicted molar refractivity (Wildman–Crippen MR) is 112 cm³/mol. The van der Waals surface area contributed by atoms with Crippen LogP contribution >= 0.6 is 23.2 Å². The topological polar surface area (TPSA) is 46.4 Å². The third-order valence-electron chi connectivity index (χ3n) is 4.44. The molecule has 3 rings (SSSR count). The van der Waals surface area contributed by atoms with E-state index in [1.807, 2.05) is 24.5 Å². The Morgan fingerprint density at radius 3 is 2.50 bits per heavy atom. The van der Waals surface area contributed by atoms with Crippen LogP contribution in [0.2, 0.25) is 10.0 Å². The number of carbonyl (C=O) groups excluding carboxylic acids is 1. The van der Waals surface area contributed by atoms with Crippen LogP contribution in [0.5, 0.6) is 0 Å². The molecule has 1 aromatic heterocycles. The quantitative estimate of drug-likeness (QED) is 0.371. The maximum Gasteiger partial charge on any atom is 0.416 e. The number of halogens is 5. The summed E-state index contributed by atoms with van der Waals surface area (Å²) in [6.07, 6.45) is -3.10. The van der Waals surface area contributed by atoms with Crippen molar-refractivity contribution in [3.05, 3.63) is 86.7 Å². The van der Waals surface area contributed by atoms with E-state index in [-0.39, 0.29) is 5.56 Å². The van der Waals surface area contributed by atoms with Crippen molar-refractivity contribution < 1.29 is 18.0 Å². The average molecular weight is 454 g/mol. The molecule has 0 saturated heterocycles. The first kappa shape index (κ1) is 21.9. The van der Waals surface area contributed by atoms with Gasteiger partial charge in [0, 0.05) is 27.5 Å². The van der Waals surface area contributed by atoms with Crippen molar-refractivity contribution in [2.45, 2.75) is 20.0 Å². The summed E-state index contributed by atoms with van der Waals surface area (Å²) in [7, 11) is 0. The highest BCUT2D eigenvalue weighted by molar-refractivity contribution is 6.35. The summed E-state index contributed by atoms with van der Waals surface area (Å²) in [4.78, 5) is 12.1. The number of nitrogens with one attached hydrogen (secondary N) is 1. The van der Waals surface area contributed by atoms with Crippen molar-refractivity contribution >= 4 is 35.3 Å². The number of amides is 1. The lowest BCUT2D eigenvalue weighted by atomic mass is 10.1. The Kier molecular flexibility index (Phi) is 6.24. The first-order chi connectivity index (χ1) is 14.1. The highest BCUT2D eigenvalue weighted by Crippen LogP contribution is 2.30. The van der Waals surface area contributed by atoms with Crippen LogP contribution in [0.25, 0.3) is 5.69 Å². The average Bonchev–Trinajstić information content (AvgIpc) is 2.95. The maximum absolute atomic E-state index is 12.8. The monoisotopic (exact) mass is 453 g/mol. The van der Waals surface area contributed by atoms with Crippen molar-refractivity contribution in [3.8, 4) is 5.69 Å². The van der Waals surface area contributed by atoms with Crippen LogP contribution in [0, 0.1) is 13.8 Å². The molecule has 2 aromatic carbocycles. The summed E-state index contributed by atoms with van der Waals surface area (Å²) < 4.78 is 40.3. The smallest absolute Gasteiger partial charge is 0.316 e. The SMILES string of the molecule is Cc1cc(/C=N\NC(=O)c2cccc(C(F)(F)F)c2)c(C)n1-c1ccc(Cl)cc1Cl. The number of hydrogen-bond acceptors (Lipinski definition) is 2. The van der Waals surface area contributed by atoms with Crippen molar-refractivity contribution in [2.24, 2.45) is 5.10 Å². The Labute approximate surface area is 180 Å². The fourth-order valence-corrected chi connectivity index (χ4v) is 3.51. The zero-order valence-corrected chi connectivity index (χ0v) is 17.4. The number of nitrogens with zero attached hydrogens (tertiary/aromatic N) is 2. The number of rotatable bonds is 4. The van der Waals surface area contributed by atoms with Gasteiger partial charge >= 0.3 is 6.18 Å². The molecule has 1 amide bonds. The van der Waals surface area contributed by atoms with E-state index in [9.17, 15) is 18.0 Å². The Balaban J connectivity index is 1.80. The summed E-state index contributed by atoms with van der Waals surface area (Å²) in [5, 5.41) is 4.88. The van der Waals surface area contributed by atoms with Gasteiger partial charge in [-0.15, -0.1) is 0 Å². The second-order valence-corrected chi connectivity index (χ2v) is 7.38. The second-order valence-electron chi connectivity index (χ2n) is 6.54. The molecular formula is C21H16Cl2F3N3O. The van der Waals surface area contributed by atoms with Crippen LogP contribution in [0.15, 0.2) is 53.6 Å². The van der Waals surface area contributed by atoms with Gasteiger partial charge in [-0.05, 0) is 56.3 Å². The number of alkyl halides is 3. The Morgan fingerprint density at radius 1 is 1.10 bits per heavy atom. The molecule has 0 unspecified atom stereocenters. The standard InChI is InChI=1S/C21H16Cl2F3N3O/c1-12-8-15(13(2)29(12)19-7-6-17(22)10-18(19)23)11-27-28-20(30)14-4-3-5-16(9-14)21(24,25)26/h3-11H,1-2H3,(H,28,30)/b27-11-. The molecular weight excluding hydrogens is 438 g/mol. The zero-order valence-electron chi connectivity index (χ0n) is 15.9. The van der Waals surface area contributed by atoms with Gasteiger partial charge < -0.3 is 4.57 Å². The number of hydrogen-bond donors (Lipinski definition) is 1. The van der Waals surface area contributed by atoms with E-state index < -0.39 is 17.6 Å². The van der Waals surface area contributed by atoms with E-state index in [4.69, 9.17) is 23.2 Å². The van der Waals surface area contributed by atoms with Crippen molar-refractivity contribution in [3.63, 3.8) is 0 Å². The highest BCUT2D eigenvalue weighted by Gasteiger charge is 2.30. The van der Waals surface area contributed by atoms with Crippen molar-refractivity contribution in [2.75, 3.05) is 0 Å². The van der Waals surface area contributed by atoms with Crippen molar-refractivity contribution in [1.82, 2.24) is 9.99 Å². The molecule has 0 saturated carbocycles. The Bertz CT molecular complexity index is 1140. The molecule has 1 N–H and O–H groups in total. The molecule has 30 heavy (non-hydrogen) atoms. The fourth-order valence-electron chi connectivity index (χ4n) is 3.01. The number of carbonyl (C=O) groups is 1. The van der Waals surface area contributed by atoms with Crippen LogP contribution in [0.4, 0.5) is 13.2 Å². The summed E-state index contributed by atoms with van der Waals surface area (Å²) in [5.41, 5.74) is 4.35. The van der Waals surface area contributed by atoms with Crippen LogP contribution in [-0.4, -0.2) is 16.7 Å². The highest BCUT2D eigenvalue weighted by atomic mass is 35.5. The molecule has 0 radical (unpaired) electrons. The number of benzene rings is 2. The molecule has 0 aliphatic carbocycles. The van der Waals surface area contributed by atoms with Gasteiger partial charge in [0.25, 0.3) is 5.91 Å². The number of aromatic nitrogens is 1. The fraction of sp³-hybridized carbons (Fsp3) is 0.143. The molecule has 0 spiro atoms. The maximum atomic E-state index is 12.8. The molecule has 4 nitrogen and oxygen atoms in total. The third-order valence-corrected chi connectivity index (χ3v) is 4.98. The van der Waals surface area contributed by atoms with Gasteiger partial charge in [0.05, 0.1) is 22.5 Å². The van der Waals surface area contributed by atoms with E-state index in [0.717, 1.165) is 29.2 Å². The largest absolute Gasteiger partial charge is 0.416 e. The number of aryl methyl sites for hydroxylation is 1. The summed E-state index contributed by atoms with van der Waals surface area (Å²) in [6.45, 7) is 3.74. The van der Waals surface area contributed by atoms with E-state index in [0.29, 0.717) is 15.6 Å². The molecule has 3 aromatic rings. The molecule has 9 heteroatoms. The Hall–Kier alpha value is -2.77. The second kappa shape index (κ2) is 8.53. The van der Waals surface area contributed by atoms with Crippen molar-refractivity contribution in [1.29, 1.82) is 0 Å². The molecule has 0 fully saturated rings. The third kappa shape index (κ3) is 4.68. The lowest BCUT2D eigenvalue weighted by Crippen LogP contribution is -2.18. The molecule has 0 atom stereocenters. The molecule has 156 valence electrons. The lowest BCUT2D eigenvalue weighted by molar-refractivity contribution is -0.137. The minimum atomic E-state index is -4.53. The van der Waals surface area contributed by atoms with E-state index in [2.05, 4.69) is 10.5 Å². The predicted octanol–water partition coefficient (Wildman–Crippen LogP) is 6.18. The molecule has 0 aliphatic rings. The van der Waals surface area contributed by atoms with E-state index in [1.165, 1.54) is 18.3 Å². The molecule has 0 bridgehead atoms. The molecule has 1 heterocycles. The Morgan fingerprint density at radius 2 is 1.83 bits per heavy atom. The van der Waals surface area contributed by atoms with Gasteiger partial charge in [0.2, 0.25) is 0 Å². The summed E-state index contributed by atoms with van der Waals surface area (Å²) in [5.74, 6) is -0.744. The van der Waals surface area contributed by atoms with Crippen LogP contribution in [0.3, 0.4) is 0 Å². The van der Waals surface area contributed by atoms with Gasteiger partial charge in [0.15, 0.2) is 0 Å². The van der Waals surface area contributed by atoms with E-state index >= 15 is 0 Å². The first-order valence-corrected chi connectivity index (χ1v) is 9.48. The van der Waals surface area contributed by atoms with Gasteiger partial charge in [0.1, 0.15) is 0 Å². The zero-order chi connectivity index (χ0) is 22.1. The van der Waals surface area contributed by atoms with Crippen LogP contribution in [-0.2, 0) is 6.18 Å². The van der Waals surface area contributed by atoms with E-state index in [1.54, 1.807) is 18.2 Å². The van der Waals surface area contributed by atoms with Gasteiger partial charge in [-0.1, -0.05) is 29.3 Å². The first-order valence-electron chi connectivity index (χ1n) is 8.73. The van der Waals surface area contributed by atoms with Gasteiger partial charge in [-0.25, -0.2) is 5.43 Å². The lowest BCUT2D eigenvalue weighted by Gasteiger charge is -2.11.